The van der Waals surface area contributed by atoms with Gasteiger partial charge in [-0.2, -0.15) is 5.10 Å². The number of aromatic nitrogens is 4. The van der Waals surface area contributed by atoms with E-state index in [4.69, 9.17) is 9.84 Å². The van der Waals surface area contributed by atoms with Gasteiger partial charge in [-0.1, -0.05) is 18.2 Å². The first-order chi connectivity index (χ1) is 12.8. The van der Waals surface area contributed by atoms with E-state index in [0.717, 1.165) is 48.2 Å². The zero-order chi connectivity index (χ0) is 17.5. The van der Waals surface area contributed by atoms with E-state index in [1.54, 1.807) is 12.3 Å². The number of aromatic amines is 1. The second-order valence-electron chi connectivity index (χ2n) is 6.57. The Morgan fingerprint density at radius 2 is 2.00 bits per heavy atom. The maximum absolute atomic E-state index is 11.9. The number of nitrogens with zero attached hydrogens (tertiary/aromatic N) is 3. The van der Waals surface area contributed by atoms with Gasteiger partial charge in [-0.05, 0) is 43.5 Å². The van der Waals surface area contributed by atoms with Crippen molar-refractivity contribution in [3.63, 3.8) is 0 Å². The highest BCUT2D eigenvalue weighted by Crippen LogP contribution is 2.32. The van der Waals surface area contributed by atoms with Crippen LogP contribution in [0.25, 0.3) is 33.2 Å². The normalized spacial score (nSPS) is 17.8. The standard InChI is InChI=1S/C20H18N4O2/c25-20-13-8-9-16(22-15(13)10-11-21-20)19-14-5-1-2-6-17(14)24(23-19)18-7-3-4-12-26-18/h1-2,5-6,8-11,18H,3-4,7,12H2,(H,21,25). The Kier molecular flexibility index (Phi) is 3.57. The molecule has 0 aliphatic carbocycles. The minimum absolute atomic E-state index is 0.0364. The van der Waals surface area contributed by atoms with Crippen LogP contribution in [-0.4, -0.2) is 26.4 Å². The molecule has 6 heteroatoms. The lowest BCUT2D eigenvalue weighted by Crippen LogP contribution is -2.19. The summed E-state index contributed by atoms with van der Waals surface area (Å²) >= 11 is 0. The molecule has 3 aromatic heterocycles. The van der Waals surface area contributed by atoms with E-state index in [1.807, 2.05) is 28.9 Å². The number of para-hydroxylation sites is 1. The zero-order valence-corrected chi connectivity index (χ0v) is 14.2. The third-order valence-electron chi connectivity index (χ3n) is 4.91. The molecule has 130 valence electrons. The third-order valence-corrected chi connectivity index (χ3v) is 4.91. The van der Waals surface area contributed by atoms with Crippen molar-refractivity contribution in [3.05, 3.63) is 59.0 Å². The number of rotatable bonds is 2. The van der Waals surface area contributed by atoms with Gasteiger partial charge in [-0.25, -0.2) is 9.67 Å². The first-order valence-corrected chi connectivity index (χ1v) is 8.89. The smallest absolute Gasteiger partial charge is 0.257 e. The fraction of sp³-hybridized carbons (Fsp3) is 0.250. The van der Waals surface area contributed by atoms with E-state index >= 15 is 0 Å². The topological polar surface area (TPSA) is 72.8 Å². The van der Waals surface area contributed by atoms with Crippen LogP contribution in [0.15, 0.2) is 53.5 Å². The van der Waals surface area contributed by atoms with Gasteiger partial charge in [0.05, 0.1) is 22.1 Å². The number of hydrogen-bond acceptors (Lipinski definition) is 4. The van der Waals surface area contributed by atoms with Crippen molar-refractivity contribution in [1.82, 2.24) is 19.7 Å². The predicted octanol–water partition coefficient (Wildman–Crippen LogP) is 3.64. The molecule has 1 aromatic carbocycles. The summed E-state index contributed by atoms with van der Waals surface area (Å²) in [4.78, 5) is 19.3. The lowest BCUT2D eigenvalue weighted by atomic mass is 10.1. The minimum Gasteiger partial charge on any atom is -0.356 e. The summed E-state index contributed by atoms with van der Waals surface area (Å²) in [6, 6.07) is 13.6. The molecule has 1 aliphatic heterocycles. The molecule has 1 fully saturated rings. The van der Waals surface area contributed by atoms with Gasteiger partial charge in [-0.3, -0.25) is 4.79 Å². The molecule has 4 heterocycles. The van der Waals surface area contributed by atoms with Crippen LogP contribution in [0, 0.1) is 0 Å². The molecule has 0 radical (unpaired) electrons. The number of nitrogens with one attached hydrogen (secondary N) is 1. The number of fused-ring (bicyclic) bond motifs is 2. The molecular formula is C20H18N4O2. The Bertz CT molecular complexity index is 1160. The van der Waals surface area contributed by atoms with Crippen LogP contribution in [0.5, 0.6) is 0 Å². The van der Waals surface area contributed by atoms with E-state index < -0.39 is 0 Å². The van der Waals surface area contributed by atoms with Gasteiger partial charge in [0, 0.05) is 18.2 Å². The highest BCUT2D eigenvalue weighted by Gasteiger charge is 2.22. The van der Waals surface area contributed by atoms with Crippen molar-refractivity contribution in [2.24, 2.45) is 0 Å². The van der Waals surface area contributed by atoms with Gasteiger partial charge in [-0.15, -0.1) is 0 Å². The van der Waals surface area contributed by atoms with Crippen molar-refractivity contribution in [2.75, 3.05) is 6.61 Å². The van der Waals surface area contributed by atoms with Gasteiger partial charge in [0.15, 0.2) is 6.23 Å². The molecule has 5 rings (SSSR count). The maximum Gasteiger partial charge on any atom is 0.257 e. The molecule has 0 spiro atoms. The van der Waals surface area contributed by atoms with Gasteiger partial charge >= 0.3 is 0 Å². The fourth-order valence-electron chi connectivity index (χ4n) is 3.61. The van der Waals surface area contributed by atoms with Gasteiger partial charge < -0.3 is 9.72 Å². The summed E-state index contributed by atoms with van der Waals surface area (Å²) in [6.45, 7) is 0.769. The van der Waals surface area contributed by atoms with E-state index in [1.165, 1.54) is 0 Å². The lowest BCUT2D eigenvalue weighted by Gasteiger charge is -2.23. The van der Waals surface area contributed by atoms with Crippen LogP contribution in [0.4, 0.5) is 0 Å². The molecule has 1 saturated heterocycles. The Morgan fingerprint density at radius 1 is 1.08 bits per heavy atom. The summed E-state index contributed by atoms with van der Waals surface area (Å²) in [5.41, 5.74) is 3.15. The molecule has 0 amide bonds. The first kappa shape index (κ1) is 15.3. The number of ether oxygens (including phenoxy) is 1. The van der Waals surface area contributed by atoms with Crippen molar-refractivity contribution < 1.29 is 4.74 Å². The van der Waals surface area contributed by atoms with Crippen LogP contribution in [0.2, 0.25) is 0 Å². The zero-order valence-electron chi connectivity index (χ0n) is 14.2. The summed E-state index contributed by atoms with van der Waals surface area (Å²) in [5, 5.41) is 6.48. The van der Waals surface area contributed by atoms with E-state index in [2.05, 4.69) is 22.1 Å². The average molecular weight is 346 g/mol. The molecule has 6 nitrogen and oxygen atoms in total. The monoisotopic (exact) mass is 346 g/mol. The number of pyridine rings is 2. The third kappa shape index (κ3) is 2.42. The van der Waals surface area contributed by atoms with Crippen LogP contribution < -0.4 is 5.56 Å². The summed E-state index contributed by atoms with van der Waals surface area (Å²) < 4.78 is 7.92. The van der Waals surface area contributed by atoms with Crippen molar-refractivity contribution in [2.45, 2.75) is 25.5 Å². The Hall–Kier alpha value is -2.99. The molecule has 1 N–H and O–H groups in total. The lowest BCUT2D eigenvalue weighted by molar-refractivity contribution is -0.0365. The highest BCUT2D eigenvalue weighted by atomic mass is 16.5. The summed E-state index contributed by atoms with van der Waals surface area (Å²) in [6.07, 6.45) is 4.79. The second kappa shape index (κ2) is 6.07. The van der Waals surface area contributed by atoms with Crippen LogP contribution in [0.1, 0.15) is 25.5 Å². The number of H-pyrrole nitrogens is 1. The van der Waals surface area contributed by atoms with Gasteiger partial charge in [0.1, 0.15) is 5.69 Å². The van der Waals surface area contributed by atoms with Crippen molar-refractivity contribution in [3.8, 4) is 11.4 Å². The molecule has 1 unspecified atom stereocenters. The molecule has 0 bridgehead atoms. The van der Waals surface area contributed by atoms with Gasteiger partial charge in [0.2, 0.25) is 0 Å². The SMILES string of the molecule is O=c1[nH]ccc2nc(-c3nn(C4CCCCO4)c4ccccc34)ccc12. The average Bonchev–Trinajstić information content (AvgIpc) is 3.08. The second-order valence-corrected chi connectivity index (χ2v) is 6.57. The van der Waals surface area contributed by atoms with Gasteiger partial charge in [0.25, 0.3) is 5.56 Å². The maximum atomic E-state index is 11.9. The largest absolute Gasteiger partial charge is 0.356 e. The quantitative estimate of drug-likeness (QED) is 0.601. The van der Waals surface area contributed by atoms with E-state index in [-0.39, 0.29) is 11.8 Å². The summed E-state index contributed by atoms with van der Waals surface area (Å²) in [5.74, 6) is 0. The number of hydrogen-bond donors (Lipinski definition) is 1. The number of benzene rings is 1. The molecule has 0 saturated carbocycles. The Labute approximate surface area is 149 Å². The molecule has 26 heavy (non-hydrogen) atoms. The Morgan fingerprint density at radius 3 is 2.88 bits per heavy atom. The molecule has 1 atom stereocenters. The molecule has 4 aromatic rings. The van der Waals surface area contributed by atoms with Crippen LogP contribution >= 0.6 is 0 Å². The van der Waals surface area contributed by atoms with Crippen LogP contribution in [-0.2, 0) is 4.74 Å². The van der Waals surface area contributed by atoms with Crippen LogP contribution in [0.3, 0.4) is 0 Å². The Balaban J connectivity index is 1.70. The van der Waals surface area contributed by atoms with Crippen molar-refractivity contribution >= 4 is 21.8 Å². The molecular weight excluding hydrogens is 328 g/mol. The fourth-order valence-corrected chi connectivity index (χ4v) is 3.61. The summed E-state index contributed by atoms with van der Waals surface area (Å²) in [7, 11) is 0. The highest BCUT2D eigenvalue weighted by molar-refractivity contribution is 5.93. The predicted molar refractivity (Wildman–Crippen MR) is 99.9 cm³/mol. The van der Waals surface area contributed by atoms with E-state index in [9.17, 15) is 4.79 Å². The molecule has 1 aliphatic rings. The minimum atomic E-state index is -0.132. The first-order valence-electron chi connectivity index (χ1n) is 8.89. The van der Waals surface area contributed by atoms with Crippen molar-refractivity contribution in [1.29, 1.82) is 0 Å². The van der Waals surface area contributed by atoms with E-state index in [0.29, 0.717) is 10.9 Å².